The van der Waals surface area contributed by atoms with E-state index in [9.17, 15) is 9.59 Å². The van der Waals surface area contributed by atoms with E-state index in [-0.39, 0.29) is 24.3 Å². The second-order valence-electron chi connectivity index (χ2n) is 7.67. The van der Waals surface area contributed by atoms with Gasteiger partial charge >= 0.3 is 5.97 Å². The summed E-state index contributed by atoms with van der Waals surface area (Å²) in [5.41, 5.74) is 5.19. The smallest absolute Gasteiger partial charge is 0.303 e. The van der Waals surface area contributed by atoms with Gasteiger partial charge in [-0.3, -0.25) is 9.59 Å². The summed E-state index contributed by atoms with van der Waals surface area (Å²) in [6, 6.07) is -0.354. The summed E-state index contributed by atoms with van der Waals surface area (Å²) in [5, 5.41) is 11.7. The molecular weight excluding hydrogens is 316 g/mol. The van der Waals surface area contributed by atoms with Crippen molar-refractivity contribution in [1.82, 2.24) is 5.32 Å². The standard InChI is InChI=1S/C11H22N2O3.C9H18/c1-3-5-8(6-10(14)15)7-13-9(4-2)11(12)16;1-8(2)9-6-4-3-5-7-9/h8-9,13H,3-7H2,1-2H3,(H2,12,16)(H,14,15);8-9H,3-7H2,1-2H3/t8?,9-;/m0./s1. The van der Waals surface area contributed by atoms with Crippen molar-refractivity contribution in [2.45, 2.75) is 91.5 Å². The molecule has 1 saturated carbocycles. The first-order valence-corrected chi connectivity index (χ1v) is 10.1. The highest BCUT2D eigenvalue weighted by molar-refractivity contribution is 5.79. The molecule has 5 heteroatoms. The van der Waals surface area contributed by atoms with Crippen molar-refractivity contribution < 1.29 is 14.7 Å². The van der Waals surface area contributed by atoms with Crippen LogP contribution in [0.3, 0.4) is 0 Å². The van der Waals surface area contributed by atoms with Gasteiger partial charge in [-0.25, -0.2) is 0 Å². The van der Waals surface area contributed by atoms with Crippen LogP contribution in [0.5, 0.6) is 0 Å². The summed E-state index contributed by atoms with van der Waals surface area (Å²) in [4.78, 5) is 21.6. The molecule has 4 N–H and O–H groups in total. The minimum atomic E-state index is -0.799. The van der Waals surface area contributed by atoms with E-state index in [2.05, 4.69) is 19.2 Å². The van der Waals surface area contributed by atoms with Gasteiger partial charge in [-0.15, -0.1) is 0 Å². The Morgan fingerprint density at radius 2 is 1.76 bits per heavy atom. The fourth-order valence-corrected chi connectivity index (χ4v) is 3.49. The normalized spacial score (nSPS) is 17.5. The van der Waals surface area contributed by atoms with Crippen LogP contribution in [0.15, 0.2) is 0 Å². The van der Waals surface area contributed by atoms with E-state index in [0.717, 1.165) is 24.7 Å². The number of carbonyl (C=O) groups is 2. The Morgan fingerprint density at radius 1 is 1.16 bits per heavy atom. The van der Waals surface area contributed by atoms with E-state index in [1.54, 1.807) is 0 Å². The number of aliphatic carboxylic acids is 1. The van der Waals surface area contributed by atoms with Crippen LogP contribution in [0.25, 0.3) is 0 Å². The molecule has 1 aliphatic carbocycles. The molecule has 1 aliphatic rings. The maximum Gasteiger partial charge on any atom is 0.303 e. The summed E-state index contributed by atoms with van der Waals surface area (Å²) in [5.74, 6) is 0.875. The van der Waals surface area contributed by atoms with Crippen molar-refractivity contribution >= 4 is 11.9 Å². The summed E-state index contributed by atoms with van der Waals surface area (Å²) in [6.07, 6.45) is 10.0. The maximum atomic E-state index is 11.0. The number of hydrogen-bond acceptors (Lipinski definition) is 3. The summed E-state index contributed by atoms with van der Waals surface area (Å²) in [6.45, 7) is 9.13. The van der Waals surface area contributed by atoms with Crippen LogP contribution in [-0.4, -0.2) is 29.6 Å². The summed E-state index contributed by atoms with van der Waals surface area (Å²) >= 11 is 0. The number of carboxylic acid groups (broad SMARTS) is 1. The van der Waals surface area contributed by atoms with Gasteiger partial charge in [-0.05, 0) is 37.1 Å². The van der Waals surface area contributed by atoms with Crippen molar-refractivity contribution in [2.24, 2.45) is 23.5 Å². The van der Waals surface area contributed by atoms with E-state index in [1.165, 1.54) is 32.1 Å². The lowest BCUT2D eigenvalue weighted by Gasteiger charge is -2.24. The van der Waals surface area contributed by atoms with Crippen molar-refractivity contribution in [3.63, 3.8) is 0 Å². The van der Waals surface area contributed by atoms with E-state index in [4.69, 9.17) is 10.8 Å². The number of hydrogen-bond donors (Lipinski definition) is 3. The first-order valence-electron chi connectivity index (χ1n) is 10.1. The van der Waals surface area contributed by atoms with Gasteiger partial charge < -0.3 is 16.2 Å². The minimum absolute atomic E-state index is 0.0656. The lowest BCUT2D eigenvalue weighted by molar-refractivity contribution is -0.138. The zero-order valence-corrected chi connectivity index (χ0v) is 16.7. The molecule has 1 amide bonds. The fraction of sp³-hybridized carbons (Fsp3) is 0.900. The van der Waals surface area contributed by atoms with Crippen LogP contribution in [0.1, 0.15) is 85.5 Å². The highest BCUT2D eigenvalue weighted by atomic mass is 16.4. The monoisotopic (exact) mass is 356 g/mol. The molecule has 0 radical (unpaired) electrons. The van der Waals surface area contributed by atoms with E-state index < -0.39 is 5.97 Å². The quantitative estimate of drug-likeness (QED) is 0.552. The second kappa shape index (κ2) is 14.1. The first-order chi connectivity index (χ1) is 11.8. The molecular formula is C20H40N2O3. The highest BCUT2D eigenvalue weighted by Gasteiger charge is 2.17. The molecule has 0 saturated heterocycles. The van der Waals surface area contributed by atoms with Crippen LogP contribution < -0.4 is 11.1 Å². The lowest BCUT2D eigenvalue weighted by atomic mass is 9.82. The van der Waals surface area contributed by atoms with Crippen molar-refractivity contribution in [3.05, 3.63) is 0 Å². The van der Waals surface area contributed by atoms with Gasteiger partial charge in [-0.1, -0.05) is 66.2 Å². The average molecular weight is 357 g/mol. The molecule has 0 bridgehead atoms. The van der Waals surface area contributed by atoms with Crippen LogP contribution in [0.2, 0.25) is 0 Å². The highest BCUT2D eigenvalue weighted by Crippen LogP contribution is 2.29. The molecule has 25 heavy (non-hydrogen) atoms. The topological polar surface area (TPSA) is 92.4 Å². The third kappa shape index (κ3) is 12.0. The molecule has 0 aromatic carbocycles. The Hall–Kier alpha value is -1.10. The van der Waals surface area contributed by atoms with Crippen LogP contribution >= 0.6 is 0 Å². The number of primary amides is 1. The van der Waals surface area contributed by atoms with E-state index in [1.807, 2.05) is 13.8 Å². The molecule has 0 aliphatic heterocycles. The van der Waals surface area contributed by atoms with Gasteiger partial charge in [-0.2, -0.15) is 0 Å². The number of rotatable bonds is 10. The van der Waals surface area contributed by atoms with Crippen LogP contribution in [0, 0.1) is 17.8 Å². The molecule has 1 unspecified atom stereocenters. The Morgan fingerprint density at radius 3 is 2.12 bits per heavy atom. The lowest BCUT2D eigenvalue weighted by Crippen LogP contribution is -2.43. The zero-order chi connectivity index (χ0) is 19.2. The molecule has 0 aromatic rings. The largest absolute Gasteiger partial charge is 0.481 e. The third-order valence-electron chi connectivity index (χ3n) is 5.16. The molecule has 2 atom stereocenters. The van der Waals surface area contributed by atoms with Crippen molar-refractivity contribution in [1.29, 1.82) is 0 Å². The molecule has 1 fully saturated rings. The van der Waals surface area contributed by atoms with Gasteiger partial charge in [0.05, 0.1) is 6.04 Å². The predicted octanol–water partition coefficient (Wildman–Crippen LogP) is 3.95. The first kappa shape index (κ1) is 23.9. The molecule has 1 rings (SSSR count). The fourth-order valence-electron chi connectivity index (χ4n) is 3.49. The zero-order valence-electron chi connectivity index (χ0n) is 16.7. The Kier molecular flexibility index (Phi) is 13.5. The SMILES string of the molecule is CC(C)C1CCCCC1.CCCC(CN[C@@H](CC)C(N)=O)CC(=O)O. The van der Waals surface area contributed by atoms with Crippen LogP contribution in [-0.2, 0) is 9.59 Å². The van der Waals surface area contributed by atoms with E-state index >= 15 is 0 Å². The van der Waals surface area contributed by atoms with Crippen molar-refractivity contribution in [2.75, 3.05) is 6.54 Å². The van der Waals surface area contributed by atoms with Gasteiger partial charge in [0.2, 0.25) is 5.91 Å². The number of nitrogens with two attached hydrogens (primary N) is 1. The molecule has 0 spiro atoms. The van der Waals surface area contributed by atoms with Gasteiger partial charge in [0.15, 0.2) is 0 Å². The Labute approximate surface area is 154 Å². The summed E-state index contributed by atoms with van der Waals surface area (Å²) in [7, 11) is 0. The van der Waals surface area contributed by atoms with E-state index in [0.29, 0.717) is 13.0 Å². The number of nitrogens with one attached hydrogen (secondary N) is 1. The number of carbonyl (C=O) groups excluding carboxylic acids is 1. The number of carboxylic acids is 1. The van der Waals surface area contributed by atoms with Crippen molar-refractivity contribution in [3.8, 4) is 0 Å². The molecule has 5 nitrogen and oxygen atoms in total. The minimum Gasteiger partial charge on any atom is -0.481 e. The molecule has 0 aromatic heterocycles. The van der Waals surface area contributed by atoms with Crippen LogP contribution in [0.4, 0.5) is 0 Å². The predicted molar refractivity (Wildman–Crippen MR) is 103 cm³/mol. The van der Waals surface area contributed by atoms with Gasteiger partial charge in [0.25, 0.3) is 0 Å². The van der Waals surface area contributed by atoms with Gasteiger partial charge in [0, 0.05) is 6.42 Å². The Bertz CT molecular complexity index is 366. The summed E-state index contributed by atoms with van der Waals surface area (Å²) < 4.78 is 0. The molecule has 0 heterocycles. The maximum absolute atomic E-state index is 11.0. The molecule has 148 valence electrons. The second-order valence-corrected chi connectivity index (χ2v) is 7.67. The van der Waals surface area contributed by atoms with Gasteiger partial charge in [0.1, 0.15) is 0 Å². The number of amides is 1. The Balaban J connectivity index is 0.000000535. The third-order valence-corrected chi connectivity index (χ3v) is 5.16. The average Bonchev–Trinajstić information content (AvgIpc) is 2.56.